The van der Waals surface area contributed by atoms with Gasteiger partial charge in [-0.1, -0.05) is 32.4 Å². The Balaban J connectivity index is -0.000000953. The predicted octanol–water partition coefficient (Wildman–Crippen LogP) is 1.85. The first-order chi connectivity index (χ1) is 25.8. The van der Waals surface area contributed by atoms with Crippen molar-refractivity contribution in [2.24, 2.45) is 0 Å². The van der Waals surface area contributed by atoms with Gasteiger partial charge in [-0.15, -0.1) is 6.58 Å². The Morgan fingerprint density at radius 3 is 1.30 bits per heavy atom. The Bertz CT molecular complexity index is 900. The SMILES string of the molecule is C=CC.C=CC(=O)NCCCOC(COCCCNC)C(OCCCNC)C(COCCCNC=O)OCCCNC(=O)C=C.C=CC=O.C=CC=O. The third-order valence-electron chi connectivity index (χ3n) is 6.05. The molecule has 0 fully saturated rings. The predicted molar refractivity (Wildman–Crippen MR) is 211 cm³/mol. The van der Waals surface area contributed by atoms with Gasteiger partial charge in [0.25, 0.3) is 0 Å². The molecule has 0 rings (SSSR count). The van der Waals surface area contributed by atoms with E-state index in [1.807, 2.05) is 21.0 Å². The van der Waals surface area contributed by atoms with Crippen LogP contribution < -0.4 is 26.6 Å². The van der Waals surface area contributed by atoms with E-state index in [9.17, 15) is 14.4 Å². The second kappa shape index (κ2) is 50.3. The minimum absolute atomic E-state index is 0.233. The van der Waals surface area contributed by atoms with Gasteiger partial charge in [0.05, 0.1) is 13.2 Å². The van der Waals surface area contributed by atoms with E-state index in [4.69, 9.17) is 33.3 Å². The van der Waals surface area contributed by atoms with Crippen LogP contribution in [-0.2, 0) is 47.7 Å². The number of hydrogen-bond donors (Lipinski definition) is 5. The molecule has 0 aromatic rings. The summed E-state index contributed by atoms with van der Waals surface area (Å²) in [6.45, 7) is 24.1. The van der Waals surface area contributed by atoms with Crippen molar-refractivity contribution in [1.82, 2.24) is 26.6 Å². The molecule has 0 heterocycles. The lowest BCUT2D eigenvalue weighted by Gasteiger charge is -2.34. The summed E-state index contributed by atoms with van der Waals surface area (Å²) < 4.78 is 30.9. The van der Waals surface area contributed by atoms with Gasteiger partial charge in [-0.3, -0.25) is 24.0 Å². The van der Waals surface area contributed by atoms with Crippen molar-refractivity contribution < 1.29 is 47.7 Å². The van der Waals surface area contributed by atoms with E-state index in [0.717, 1.165) is 25.9 Å². The zero-order valence-electron chi connectivity index (χ0n) is 32.5. The molecule has 0 saturated heterocycles. The Hall–Kier alpha value is -3.83. The topological polar surface area (TPSA) is 192 Å². The monoisotopic (exact) mass is 756 g/mol. The number of carbonyl (C=O) groups is 5. The van der Waals surface area contributed by atoms with Crippen LogP contribution in [0.25, 0.3) is 0 Å². The van der Waals surface area contributed by atoms with Crippen LogP contribution in [0.5, 0.6) is 0 Å². The summed E-state index contributed by atoms with van der Waals surface area (Å²) in [4.78, 5) is 51.6. The maximum atomic E-state index is 11.5. The second-order valence-electron chi connectivity index (χ2n) is 10.5. The van der Waals surface area contributed by atoms with Crippen LogP contribution in [0.3, 0.4) is 0 Å². The lowest BCUT2D eigenvalue weighted by atomic mass is 10.1. The minimum Gasteiger partial charge on any atom is -0.379 e. The number of hydrogen-bond acceptors (Lipinski definition) is 12. The van der Waals surface area contributed by atoms with E-state index in [1.54, 1.807) is 6.08 Å². The third kappa shape index (κ3) is 46.1. The van der Waals surface area contributed by atoms with Crippen molar-refractivity contribution in [3.63, 3.8) is 0 Å². The molecule has 3 amide bonds. The average Bonchev–Trinajstić information content (AvgIpc) is 3.17. The Kier molecular flexibility index (Phi) is 53.0. The Morgan fingerprint density at radius 1 is 0.585 bits per heavy atom. The first-order valence-electron chi connectivity index (χ1n) is 17.7. The van der Waals surface area contributed by atoms with Gasteiger partial charge in [-0.05, 0) is 90.5 Å². The summed E-state index contributed by atoms with van der Waals surface area (Å²) in [7, 11) is 3.78. The Labute approximate surface area is 318 Å². The molecule has 15 nitrogen and oxygen atoms in total. The highest BCUT2D eigenvalue weighted by Crippen LogP contribution is 2.16. The Morgan fingerprint density at radius 2 is 0.943 bits per heavy atom. The molecule has 15 heteroatoms. The lowest BCUT2D eigenvalue weighted by molar-refractivity contribution is -0.170. The van der Waals surface area contributed by atoms with Crippen LogP contribution in [0.1, 0.15) is 39.0 Å². The summed E-state index contributed by atoms with van der Waals surface area (Å²) in [6, 6.07) is 0. The minimum atomic E-state index is -0.509. The van der Waals surface area contributed by atoms with Gasteiger partial charge in [0.15, 0.2) is 0 Å². The maximum Gasteiger partial charge on any atom is 0.243 e. The fourth-order valence-corrected chi connectivity index (χ4v) is 3.66. The molecule has 0 aliphatic carbocycles. The van der Waals surface area contributed by atoms with Crippen LogP contribution in [-0.4, -0.2) is 142 Å². The molecule has 0 aromatic heterocycles. The van der Waals surface area contributed by atoms with E-state index in [0.29, 0.717) is 90.9 Å². The van der Waals surface area contributed by atoms with Gasteiger partial charge >= 0.3 is 0 Å². The number of ether oxygens (including phenoxy) is 5. The van der Waals surface area contributed by atoms with Crippen molar-refractivity contribution in [2.45, 2.75) is 57.3 Å². The summed E-state index contributed by atoms with van der Waals surface area (Å²) in [5.74, 6) is -0.471. The fourth-order valence-electron chi connectivity index (χ4n) is 3.66. The normalized spacial score (nSPS) is 11.4. The second-order valence-corrected chi connectivity index (χ2v) is 10.5. The third-order valence-corrected chi connectivity index (χ3v) is 6.05. The number of nitrogens with one attached hydrogen (secondary N) is 5. The summed E-state index contributed by atoms with van der Waals surface area (Å²) >= 11 is 0. The zero-order valence-corrected chi connectivity index (χ0v) is 32.5. The van der Waals surface area contributed by atoms with Crippen molar-refractivity contribution in [3.05, 3.63) is 63.3 Å². The van der Waals surface area contributed by atoms with E-state index in [2.05, 4.69) is 59.5 Å². The van der Waals surface area contributed by atoms with Crippen LogP contribution in [0.4, 0.5) is 0 Å². The maximum absolute atomic E-state index is 11.5. The molecule has 0 radical (unpaired) electrons. The van der Waals surface area contributed by atoms with Crippen LogP contribution in [0, 0.1) is 0 Å². The highest BCUT2D eigenvalue weighted by Gasteiger charge is 2.33. The van der Waals surface area contributed by atoms with E-state index >= 15 is 0 Å². The number of rotatable bonds is 34. The molecule has 0 spiro atoms. The molecule has 3 unspecified atom stereocenters. The molecule has 0 aliphatic heterocycles. The summed E-state index contributed by atoms with van der Waals surface area (Å²) in [5, 5.41) is 14.4. The quantitative estimate of drug-likeness (QED) is 0.0278. The molecule has 306 valence electrons. The highest BCUT2D eigenvalue weighted by molar-refractivity contribution is 5.87. The molecule has 0 aromatic carbocycles. The van der Waals surface area contributed by atoms with Gasteiger partial charge in [0.1, 0.15) is 30.9 Å². The largest absolute Gasteiger partial charge is 0.379 e. The van der Waals surface area contributed by atoms with Gasteiger partial charge in [0.2, 0.25) is 18.2 Å². The first kappa shape index (κ1) is 55.9. The van der Waals surface area contributed by atoms with Gasteiger partial charge < -0.3 is 50.3 Å². The standard InChI is InChI=1S/C29H55N5O8.2C3H4O.C3H6/c1-5-27(36)33-15-10-19-40-25(22-38-17-7-12-30-3)29(42-21-8-13-31-4)26(23-39-18-9-14-32-24-35)41-20-11-16-34-28(37)6-2;2*1-2-3-4;1-3-2/h5-6,24-26,29-31H,1-2,7-23H2,3-4H3,(H,32,35)(H,33,36)(H,34,37);2*2-3H,1H2;3H,1H2,2H3. The molecule has 0 bridgehead atoms. The molecular formula is C38H69N5O10. The van der Waals surface area contributed by atoms with E-state index in [-0.39, 0.29) is 25.0 Å². The van der Waals surface area contributed by atoms with E-state index in [1.165, 1.54) is 24.3 Å². The van der Waals surface area contributed by atoms with Crippen LogP contribution in [0.15, 0.2) is 63.3 Å². The summed E-state index contributed by atoms with van der Waals surface area (Å²) in [5.41, 5.74) is 0. The first-order valence-corrected chi connectivity index (χ1v) is 17.7. The molecule has 53 heavy (non-hydrogen) atoms. The van der Waals surface area contributed by atoms with Crippen molar-refractivity contribution >= 4 is 30.8 Å². The molecule has 5 N–H and O–H groups in total. The average molecular weight is 756 g/mol. The van der Waals surface area contributed by atoms with E-state index < -0.39 is 18.3 Å². The van der Waals surface area contributed by atoms with Crippen LogP contribution >= 0.6 is 0 Å². The fraction of sp³-hybridized carbons (Fsp3) is 0.605. The lowest BCUT2D eigenvalue weighted by Crippen LogP contribution is -2.48. The highest BCUT2D eigenvalue weighted by atomic mass is 16.6. The smallest absolute Gasteiger partial charge is 0.243 e. The number of aldehydes is 2. The van der Waals surface area contributed by atoms with Crippen molar-refractivity contribution in [3.8, 4) is 0 Å². The van der Waals surface area contributed by atoms with Crippen LogP contribution in [0.2, 0.25) is 0 Å². The van der Waals surface area contributed by atoms with Crippen molar-refractivity contribution in [1.29, 1.82) is 0 Å². The number of amides is 3. The summed E-state index contributed by atoms with van der Waals surface area (Å²) in [6.07, 6.45) is 10.5. The van der Waals surface area contributed by atoms with Gasteiger partial charge in [-0.2, -0.15) is 0 Å². The van der Waals surface area contributed by atoms with Gasteiger partial charge in [0, 0.05) is 52.7 Å². The molecule has 3 atom stereocenters. The number of allylic oxidation sites excluding steroid dienone is 3. The molecule has 0 aliphatic rings. The molecular weight excluding hydrogens is 686 g/mol. The molecule has 0 saturated carbocycles. The van der Waals surface area contributed by atoms with Gasteiger partial charge in [-0.25, -0.2) is 0 Å². The number of carbonyl (C=O) groups excluding carboxylic acids is 5. The zero-order chi connectivity index (χ0) is 40.6. The van der Waals surface area contributed by atoms with Crippen molar-refractivity contribution in [2.75, 3.05) is 93.1 Å².